The highest BCUT2D eigenvalue weighted by Crippen LogP contribution is 2.30. The highest BCUT2D eigenvalue weighted by Gasteiger charge is 2.21. The van der Waals surface area contributed by atoms with Gasteiger partial charge in [0.05, 0.1) is 22.8 Å². The van der Waals surface area contributed by atoms with Crippen LogP contribution in [0.5, 0.6) is 0 Å². The monoisotopic (exact) mass is 484 g/mol. The molecule has 1 heterocycles. The number of esters is 1. The van der Waals surface area contributed by atoms with Crippen molar-refractivity contribution in [3.05, 3.63) is 60.4 Å². The zero-order valence-corrected chi connectivity index (χ0v) is 20.1. The lowest BCUT2D eigenvalue weighted by Crippen LogP contribution is -2.30. The summed E-state index contributed by atoms with van der Waals surface area (Å²) in [6.45, 7) is 6.37. The van der Waals surface area contributed by atoms with Crippen molar-refractivity contribution >= 4 is 44.7 Å². The minimum atomic E-state index is -3.55. The Morgan fingerprint density at radius 2 is 1.59 bits per heavy atom. The smallest absolute Gasteiger partial charge is 0.340 e. The van der Waals surface area contributed by atoms with E-state index in [0.717, 1.165) is 0 Å². The summed E-state index contributed by atoms with van der Waals surface area (Å²) in [5.74, 6) is 0.164. The average molecular weight is 485 g/mol. The molecule has 1 aromatic heterocycles. The van der Waals surface area contributed by atoms with Crippen LogP contribution in [0, 0.1) is 0 Å². The zero-order valence-electron chi connectivity index (χ0n) is 19.3. The molecule has 0 fully saturated rings. The number of hydrogen-bond donors (Lipinski definition) is 3. The number of nitrogen functional groups attached to an aromatic ring is 1. The van der Waals surface area contributed by atoms with Gasteiger partial charge in [0.1, 0.15) is 12.0 Å². The molecule has 3 aromatic rings. The predicted octanol–water partition coefficient (Wildman–Crippen LogP) is 3.75. The number of carbonyl (C=O) groups excluding carboxylic acids is 1. The zero-order chi connectivity index (χ0) is 24.7. The number of nitrogens with one attached hydrogen (secondary N) is 2. The topological polar surface area (TPSA) is 140 Å². The quantitative estimate of drug-likeness (QED) is 0.367. The molecule has 0 spiro atoms. The molecule has 0 amide bonds. The number of ether oxygens (including phenoxy) is 1. The standard InChI is InChI=1S/C23H28N6O4S/c1-4-29(5-2)34(31,32)17-13-11-16(12-14-17)27-21-20(24)22(26-15-25-21)28-19-10-8-7-9-18(19)23(30)33-6-3/h7-15H,4-6,24H2,1-3H3,(H2,25,26,27,28). The second kappa shape index (κ2) is 10.9. The van der Waals surface area contributed by atoms with E-state index in [9.17, 15) is 13.2 Å². The van der Waals surface area contributed by atoms with E-state index in [0.29, 0.717) is 41.7 Å². The largest absolute Gasteiger partial charge is 0.462 e. The number of anilines is 5. The minimum absolute atomic E-state index is 0.204. The summed E-state index contributed by atoms with van der Waals surface area (Å²) >= 11 is 0. The van der Waals surface area contributed by atoms with E-state index in [4.69, 9.17) is 10.5 Å². The Balaban J connectivity index is 1.82. The van der Waals surface area contributed by atoms with Crippen molar-refractivity contribution in [2.24, 2.45) is 0 Å². The van der Waals surface area contributed by atoms with Crippen LogP contribution in [0.3, 0.4) is 0 Å². The number of rotatable bonds is 10. The Hall–Kier alpha value is -3.70. The van der Waals surface area contributed by atoms with Gasteiger partial charge in [-0.05, 0) is 43.3 Å². The van der Waals surface area contributed by atoms with E-state index >= 15 is 0 Å². The Labute approximate surface area is 199 Å². The Bertz CT molecular complexity index is 1240. The number of para-hydroxylation sites is 1. The first kappa shape index (κ1) is 24.9. The Morgan fingerprint density at radius 3 is 2.21 bits per heavy atom. The van der Waals surface area contributed by atoms with Gasteiger partial charge in [0.2, 0.25) is 10.0 Å². The van der Waals surface area contributed by atoms with Crippen LogP contribution in [-0.2, 0) is 14.8 Å². The number of hydrogen-bond acceptors (Lipinski definition) is 9. The van der Waals surface area contributed by atoms with Gasteiger partial charge in [0, 0.05) is 18.8 Å². The number of carbonyl (C=O) groups is 1. The van der Waals surface area contributed by atoms with Gasteiger partial charge in [0.25, 0.3) is 0 Å². The molecule has 0 aliphatic heterocycles. The van der Waals surface area contributed by atoms with E-state index in [1.807, 2.05) is 0 Å². The highest BCUT2D eigenvalue weighted by atomic mass is 32.2. The van der Waals surface area contributed by atoms with Crippen LogP contribution >= 0.6 is 0 Å². The SMILES string of the molecule is CCOC(=O)c1ccccc1Nc1ncnc(Nc2ccc(S(=O)(=O)N(CC)CC)cc2)c1N. The molecule has 0 unspecified atom stereocenters. The molecule has 2 aromatic carbocycles. The van der Waals surface area contributed by atoms with Crippen molar-refractivity contribution < 1.29 is 17.9 Å². The third-order valence-electron chi connectivity index (χ3n) is 5.02. The van der Waals surface area contributed by atoms with Gasteiger partial charge in [0.15, 0.2) is 11.6 Å². The van der Waals surface area contributed by atoms with Crippen LogP contribution in [0.1, 0.15) is 31.1 Å². The summed E-state index contributed by atoms with van der Waals surface area (Å²) in [4.78, 5) is 20.8. The number of nitrogens with zero attached hydrogens (tertiary/aromatic N) is 3. The number of aromatic nitrogens is 2. The average Bonchev–Trinajstić information content (AvgIpc) is 2.83. The normalized spacial score (nSPS) is 11.3. The molecule has 0 atom stereocenters. The van der Waals surface area contributed by atoms with Gasteiger partial charge in [-0.25, -0.2) is 23.2 Å². The maximum absolute atomic E-state index is 12.7. The summed E-state index contributed by atoms with van der Waals surface area (Å²) in [7, 11) is -3.55. The molecule has 34 heavy (non-hydrogen) atoms. The van der Waals surface area contributed by atoms with Gasteiger partial charge in [-0.1, -0.05) is 26.0 Å². The maximum Gasteiger partial charge on any atom is 0.340 e. The molecular weight excluding hydrogens is 456 g/mol. The van der Waals surface area contributed by atoms with E-state index in [2.05, 4.69) is 20.6 Å². The molecule has 180 valence electrons. The van der Waals surface area contributed by atoms with Crippen LogP contribution in [0.2, 0.25) is 0 Å². The fraction of sp³-hybridized carbons (Fsp3) is 0.261. The predicted molar refractivity (Wildman–Crippen MR) is 132 cm³/mol. The molecule has 11 heteroatoms. The van der Waals surface area contributed by atoms with Crippen molar-refractivity contribution in [2.75, 3.05) is 36.1 Å². The third kappa shape index (κ3) is 5.43. The first-order chi connectivity index (χ1) is 16.3. The van der Waals surface area contributed by atoms with Gasteiger partial charge in [-0.15, -0.1) is 0 Å². The summed E-state index contributed by atoms with van der Waals surface area (Å²) < 4.78 is 31.8. The maximum atomic E-state index is 12.7. The van der Waals surface area contributed by atoms with Crippen molar-refractivity contribution in [2.45, 2.75) is 25.7 Å². The van der Waals surface area contributed by atoms with Crippen LogP contribution in [0.25, 0.3) is 0 Å². The molecule has 4 N–H and O–H groups in total. The second-order valence-corrected chi connectivity index (χ2v) is 9.05. The first-order valence-electron chi connectivity index (χ1n) is 10.8. The fourth-order valence-electron chi connectivity index (χ4n) is 3.26. The summed E-state index contributed by atoms with van der Waals surface area (Å²) in [6.07, 6.45) is 1.33. The lowest BCUT2D eigenvalue weighted by molar-refractivity contribution is 0.0527. The van der Waals surface area contributed by atoms with Crippen LogP contribution in [0.15, 0.2) is 59.8 Å². The van der Waals surface area contributed by atoms with E-state index in [1.165, 1.54) is 22.8 Å². The fourth-order valence-corrected chi connectivity index (χ4v) is 4.72. The number of benzene rings is 2. The van der Waals surface area contributed by atoms with Crippen LogP contribution in [0.4, 0.5) is 28.7 Å². The third-order valence-corrected chi connectivity index (χ3v) is 7.08. The molecular formula is C23H28N6O4S. The number of nitrogens with two attached hydrogens (primary N) is 1. The van der Waals surface area contributed by atoms with E-state index in [1.54, 1.807) is 57.2 Å². The van der Waals surface area contributed by atoms with Crippen molar-refractivity contribution in [1.29, 1.82) is 0 Å². The van der Waals surface area contributed by atoms with Crippen LogP contribution < -0.4 is 16.4 Å². The molecule has 0 saturated heterocycles. The van der Waals surface area contributed by atoms with Crippen molar-refractivity contribution in [3.8, 4) is 0 Å². The first-order valence-corrected chi connectivity index (χ1v) is 12.3. The van der Waals surface area contributed by atoms with Crippen molar-refractivity contribution in [1.82, 2.24) is 14.3 Å². The number of sulfonamides is 1. The highest BCUT2D eigenvalue weighted by molar-refractivity contribution is 7.89. The van der Waals surface area contributed by atoms with Gasteiger partial charge >= 0.3 is 5.97 Å². The lowest BCUT2D eigenvalue weighted by Gasteiger charge is -2.18. The minimum Gasteiger partial charge on any atom is -0.462 e. The molecule has 0 aliphatic rings. The Kier molecular flexibility index (Phi) is 8.03. The summed E-state index contributed by atoms with van der Waals surface area (Å²) in [5.41, 5.74) is 7.93. The second-order valence-electron chi connectivity index (χ2n) is 7.11. The van der Waals surface area contributed by atoms with Crippen LogP contribution in [-0.4, -0.2) is 48.4 Å². The molecule has 0 saturated carbocycles. The molecule has 0 radical (unpaired) electrons. The molecule has 0 bridgehead atoms. The van der Waals surface area contributed by atoms with E-state index < -0.39 is 16.0 Å². The molecule has 3 rings (SSSR count). The summed E-state index contributed by atoms with van der Waals surface area (Å²) in [6, 6.07) is 13.2. The Morgan fingerprint density at radius 1 is 0.971 bits per heavy atom. The van der Waals surface area contributed by atoms with Crippen molar-refractivity contribution in [3.63, 3.8) is 0 Å². The molecule has 0 aliphatic carbocycles. The van der Waals surface area contributed by atoms with Gasteiger partial charge in [-0.2, -0.15) is 4.31 Å². The lowest BCUT2D eigenvalue weighted by atomic mass is 10.2. The van der Waals surface area contributed by atoms with Gasteiger partial charge < -0.3 is 21.1 Å². The van der Waals surface area contributed by atoms with E-state index in [-0.39, 0.29) is 17.2 Å². The molecule has 10 nitrogen and oxygen atoms in total. The van der Waals surface area contributed by atoms with Gasteiger partial charge in [-0.3, -0.25) is 0 Å². The summed E-state index contributed by atoms with van der Waals surface area (Å²) in [5, 5.41) is 6.13.